The number of amides is 2. The van der Waals surface area contributed by atoms with E-state index < -0.39 is 17.5 Å². The van der Waals surface area contributed by atoms with Crippen LogP contribution in [-0.4, -0.2) is 56.3 Å². The number of nitrogens with zero attached hydrogens (tertiary/aromatic N) is 4. The zero-order valence-corrected chi connectivity index (χ0v) is 12.8. The van der Waals surface area contributed by atoms with Crippen molar-refractivity contribution in [1.29, 1.82) is 0 Å². The molecule has 2 aliphatic heterocycles. The second kappa shape index (κ2) is 4.90. The van der Waals surface area contributed by atoms with Gasteiger partial charge in [0.1, 0.15) is 11.3 Å². The Hall–Kier alpha value is -2.19. The number of ether oxygens (including phenoxy) is 1. The lowest BCUT2D eigenvalue weighted by Gasteiger charge is -2.45. The van der Waals surface area contributed by atoms with Crippen LogP contribution >= 0.6 is 11.6 Å². The molecular formula is C14H13ClN4O4. The van der Waals surface area contributed by atoms with Crippen molar-refractivity contribution in [3.05, 3.63) is 23.2 Å². The van der Waals surface area contributed by atoms with E-state index in [1.807, 2.05) is 4.57 Å². The smallest absolute Gasteiger partial charge is 0.414 e. The minimum atomic E-state index is -1.25. The first kappa shape index (κ1) is 14.4. The van der Waals surface area contributed by atoms with Gasteiger partial charge in [-0.05, 0) is 30.5 Å². The molecule has 2 aromatic rings. The van der Waals surface area contributed by atoms with Gasteiger partial charge in [0.05, 0.1) is 12.1 Å². The lowest BCUT2D eigenvalue weighted by atomic mass is 9.87. The van der Waals surface area contributed by atoms with Crippen LogP contribution in [0.4, 0.5) is 4.79 Å². The highest BCUT2D eigenvalue weighted by molar-refractivity contribution is 6.28. The Bertz CT molecular complexity index is 828. The van der Waals surface area contributed by atoms with E-state index in [-0.39, 0.29) is 11.8 Å². The van der Waals surface area contributed by atoms with Crippen molar-refractivity contribution in [3.63, 3.8) is 0 Å². The predicted octanol–water partition coefficient (Wildman–Crippen LogP) is 1.72. The second-order valence-electron chi connectivity index (χ2n) is 5.79. The summed E-state index contributed by atoms with van der Waals surface area (Å²) in [4.78, 5) is 33.1. The van der Waals surface area contributed by atoms with Crippen LogP contribution in [0, 0.1) is 0 Å². The Morgan fingerprint density at radius 1 is 1.39 bits per heavy atom. The SMILES string of the molecule is O=C(O)N1CC2(CCOCC2)n2c(cc3cnc(Cl)nc32)C1=O. The molecular weight excluding hydrogens is 324 g/mol. The van der Waals surface area contributed by atoms with Crippen LogP contribution < -0.4 is 0 Å². The number of imide groups is 1. The molecule has 2 aliphatic rings. The first-order chi connectivity index (χ1) is 11.0. The Morgan fingerprint density at radius 2 is 2.13 bits per heavy atom. The standard InChI is InChI=1S/C14H13ClN4O4/c15-12-16-6-8-5-9-11(20)18(13(21)22)7-14(1-3-23-4-2-14)19(9)10(8)17-12/h5-6H,1-4,7H2,(H,21,22). The van der Waals surface area contributed by atoms with Crippen LogP contribution in [0.2, 0.25) is 5.28 Å². The summed E-state index contributed by atoms with van der Waals surface area (Å²) in [6.45, 7) is 1.09. The molecule has 0 unspecified atom stereocenters. The molecule has 4 rings (SSSR count). The van der Waals surface area contributed by atoms with Gasteiger partial charge in [-0.1, -0.05) is 0 Å². The van der Waals surface area contributed by atoms with Crippen molar-refractivity contribution in [2.24, 2.45) is 0 Å². The molecule has 9 heteroatoms. The fourth-order valence-electron chi connectivity index (χ4n) is 3.47. The number of carboxylic acid groups (broad SMARTS) is 1. The van der Waals surface area contributed by atoms with E-state index in [4.69, 9.17) is 16.3 Å². The minimum Gasteiger partial charge on any atom is -0.465 e. The molecule has 1 spiro atoms. The number of hydrogen-bond donors (Lipinski definition) is 1. The Morgan fingerprint density at radius 3 is 2.83 bits per heavy atom. The average molecular weight is 337 g/mol. The van der Waals surface area contributed by atoms with Gasteiger partial charge in [0.15, 0.2) is 0 Å². The largest absolute Gasteiger partial charge is 0.465 e. The van der Waals surface area contributed by atoms with E-state index in [2.05, 4.69) is 9.97 Å². The highest BCUT2D eigenvalue weighted by Gasteiger charge is 2.47. The number of carbonyl (C=O) groups excluding carboxylic acids is 1. The summed E-state index contributed by atoms with van der Waals surface area (Å²) in [6.07, 6.45) is 1.49. The van der Waals surface area contributed by atoms with Crippen molar-refractivity contribution in [2.75, 3.05) is 19.8 Å². The van der Waals surface area contributed by atoms with Crippen LogP contribution in [0.15, 0.2) is 12.3 Å². The number of hydrogen-bond acceptors (Lipinski definition) is 5. The zero-order chi connectivity index (χ0) is 16.2. The number of rotatable bonds is 0. The lowest BCUT2D eigenvalue weighted by Crippen LogP contribution is -2.57. The van der Waals surface area contributed by atoms with Crippen molar-refractivity contribution in [2.45, 2.75) is 18.4 Å². The maximum atomic E-state index is 12.6. The monoisotopic (exact) mass is 336 g/mol. The molecule has 0 aliphatic carbocycles. The second-order valence-corrected chi connectivity index (χ2v) is 6.13. The Kier molecular flexibility index (Phi) is 3.07. The molecule has 0 aromatic carbocycles. The predicted molar refractivity (Wildman–Crippen MR) is 79.6 cm³/mol. The Balaban J connectivity index is 2.00. The molecule has 23 heavy (non-hydrogen) atoms. The lowest BCUT2D eigenvalue weighted by molar-refractivity contribution is -0.00292. The fraction of sp³-hybridized carbons (Fsp3) is 0.429. The third kappa shape index (κ3) is 2.02. The van der Waals surface area contributed by atoms with E-state index in [0.29, 0.717) is 42.8 Å². The van der Waals surface area contributed by atoms with Gasteiger partial charge in [0, 0.05) is 24.8 Å². The van der Waals surface area contributed by atoms with Gasteiger partial charge in [-0.15, -0.1) is 0 Å². The topological polar surface area (TPSA) is 97.6 Å². The number of halogens is 1. The third-order valence-corrected chi connectivity index (χ3v) is 4.74. The molecule has 120 valence electrons. The van der Waals surface area contributed by atoms with Gasteiger partial charge in [0.2, 0.25) is 5.28 Å². The highest BCUT2D eigenvalue weighted by atomic mass is 35.5. The van der Waals surface area contributed by atoms with Crippen LogP contribution in [0.5, 0.6) is 0 Å². The normalized spacial score (nSPS) is 20.0. The van der Waals surface area contributed by atoms with Gasteiger partial charge >= 0.3 is 6.09 Å². The van der Waals surface area contributed by atoms with Crippen molar-refractivity contribution in [1.82, 2.24) is 19.4 Å². The van der Waals surface area contributed by atoms with E-state index in [9.17, 15) is 14.7 Å². The first-order valence-corrected chi connectivity index (χ1v) is 7.57. The molecule has 1 N–H and O–H groups in total. The molecule has 0 saturated carbocycles. The molecule has 0 bridgehead atoms. The van der Waals surface area contributed by atoms with Crippen LogP contribution in [0.25, 0.3) is 11.0 Å². The molecule has 0 radical (unpaired) electrons. The van der Waals surface area contributed by atoms with Crippen LogP contribution in [0.3, 0.4) is 0 Å². The van der Waals surface area contributed by atoms with Gasteiger partial charge in [-0.25, -0.2) is 14.7 Å². The number of carbonyl (C=O) groups is 2. The zero-order valence-electron chi connectivity index (χ0n) is 12.0. The van der Waals surface area contributed by atoms with E-state index in [1.165, 1.54) is 0 Å². The van der Waals surface area contributed by atoms with Gasteiger partial charge in [-0.2, -0.15) is 4.98 Å². The summed E-state index contributed by atoms with van der Waals surface area (Å²) in [5, 5.41) is 10.1. The number of aromatic nitrogens is 3. The molecule has 1 saturated heterocycles. The average Bonchev–Trinajstić information content (AvgIpc) is 2.91. The van der Waals surface area contributed by atoms with Crippen molar-refractivity contribution in [3.8, 4) is 0 Å². The minimum absolute atomic E-state index is 0.0862. The summed E-state index contributed by atoms with van der Waals surface area (Å²) >= 11 is 5.91. The summed E-state index contributed by atoms with van der Waals surface area (Å²) in [5.41, 5.74) is 0.298. The molecule has 1 fully saturated rings. The third-order valence-electron chi connectivity index (χ3n) is 4.56. The maximum Gasteiger partial charge on any atom is 0.414 e. The Labute approximate surface area is 135 Å². The van der Waals surface area contributed by atoms with Gasteiger partial charge in [-0.3, -0.25) is 4.79 Å². The first-order valence-electron chi connectivity index (χ1n) is 7.19. The van der Waals surface area contributed by atoms with E-state index in [0.717, 1.165) is 4.90 Å². The molecule has 2 aromatic heterocycles. The van der Waals surface area contributed by atoms with E-state index in [1.54, 1.807) is 12.3 Å². The van der Waals surface area contributed by atoms with Crippen molar-refractivity contribution < 1.29 is 19.4 Å². The quantitative estimate of drug-likeness (QED) is 0.736. The fourth-order valence-corrected chi connectivity index (χ4v) is 3.60. The summed E-state index contributed by atoms with van der Waals surface area (Å²) in [7, 11) is 0. The van der Waals surface area contributed by atoms with Crippen molar-refractivity contribution >= 4 is 34.6 Å². The molecule has 8 nitrogen and oxygen atoms in total. The van der Waals surface area contributed by atoms with Gasteiger partial charge in [0.25, 0.3) is 5.91 Å². The maximum absolute atomic E-state index is 12.6. The molecule has 4 heterocycles. The summed E-state index contributed by atoms with van der Waals surface area (Å²) < 4.78 is 7.26. The summed E-state index contributed by atoms with van der Waals surface area (Å²) in [5.74, 6) is -0.552. The van der Waals surface area contributed by atoms with E-state index >= 15 is 0 Å². The van der Waals surface area contributed by atoms with Gasteiger partial charge < -0.3 is 14.4 Å². The highest BCUT2D eigenvalue weighted by Crippen LogP contribution is 2.39. The molecule has 0 atom stereocenters. The molecule has 2 amide bonds. The number of fused-ring (bicyclic) bond motifs is 4. The summed E-state index contributed by atoms with van der Waals surface area (Å²) in [6, 6.07) is 1.63. The van der Waals surface area contributed by atoms with Crippen LogP contribution in [0.1, 0.15) is 23.3 Å². The van der Waals surface area contributed by atoms with Crippen LogP contribution in [-0.2, 0) is 10.3 Å².